The molecule has 3 aromatic carbocycles. The first kappa shape index (κ1) is 17.4. The van der Waals surface area contributed by atoms with Gasteiger partial charge in [0.2, 0.25) is 5.55 Å². The third kappa shape index (κ3) is 3.21. The fraction of sp³-hybridized carbons (Fsp3) is 0.0476. The Balaban J connectivity index is 1.71. The van der Waals surface area contributed by atoms with E-state index in [0.717, 1.165) is 16.2 Å². The Morgan fingerprint density at radius 2 is 1.82 bits per heavy atom. The van der Waals surface area contributed by atoms with Crippen molar-refractivity contribution in [1.29, 1.82) is 5.41 Å². The lowest BCUT2D eigenvalue weighted by Gasteiger charge is -2.07. The van der Waals surface area contributed by atoms with Gasteiger partial charge < -0.3 is 4.42 Å². The maximum atomic E-state index is 10.7. The van der Waals surface area contributed by atoms with Crippen LogP contribution in [0.4, 0.5) is 11.4 Å². The minimum atomic E-state index is -0.453. The highest BCUT2D eigenvalue weighted by Gasteiger charge is 2.09. The van der Waals surface area contributed by atoms with Crippen molar-refractivity contribution < 1.29 is 9.34 Å². The van der Waals surface area contributed by atoms with Crippen LogP contribution in [0.1, 0.15) is 12.5 Å². The van der Waals surface area contributed by atoms with Crippen molar-refractivity contribution in [3.8, 4) is 0 Å². The zero-order chi connectivity index (χ0) is 19.7. The summed E-state index contributed by atoms with van der Waals surface area (Å²) in [4.78, 5) is 10.3. The highest BCUT2D eigenvalue weighted by atomic mass is 16.6. The summed E-state index contributed by atoms with van der Waals surface area (Å²) in [5.74, 6) is 0. The monoisotopic (exact) mass is 372 g/mol. The van der Waals surface area contributed by atoms with E-state index in [9.17, 15) is 10.1 Å². The molecule has 0 amide bonds. The van der Waals surface area contributed by atoms with Crippen LogP contribution in [0.25, 0.3) is 21.7 Å². The molecule has 0 unspecified atom stereocenters. The molecular weight excluding hydrogens is 356 g/mol. The van der Waals surface area contributed by atoms with E-state index in [4.69, 9.17) is 9.83 Å². The number of non-ortho nitro benzene ring substituents is 1. The van der Waals surface area contributed by atoms with Crippen molar-refractivity contribution in [3.05, 3.63) is 88.0 Å². The molecule has 0 radical (unpaired) electrons. The SMILES string of the molecule is CC(=NNc1ccc([N+](=O)[O-])cc1)c1cc2c(ccc3ccccc32)oc1=N. The van der Waals surface area contributed by atoms with Crippen LogP contribution in [0, 0.1) is 15.5 Å². The third-order valence-electron chi connectivity index (χ3n) is 4.50. The molecule has 4 aromatic rings. The molecule has 0 bridgehead atoms. The van der Waals surface area contributed by atoms with Gasteiger partial charge in [0.05, 0.1) is 21.9 Å². The Hall–Kier alpha value is -4.00. The zero-order valence-corrected chi connectivity index (χ0v) is 15.0. The minimum absolute atomic E-state index is 0.0138. The number of hydrogen-bond acceptors (Lipinski definition) is 6. The van der Waals surface area contributed by atoms with Gasteiger partial charge in [-0.15, -0.1) is 0 Å². The van der Waals surface area contributed by atoms with Crippen LogP contribution in [-0.2, 0) is 0 Å². The summed E-state index contributed by atoms with van der Waals surface area (Å²) in [6.45, 7) is 1.78. The summed E-state index contributed by atoms with van der Waals surface area (Å²) in [7, 11) is 0. The minimum Gasteiger partial charge on any atom is -0.438 e. The van der Waals surface area contributed by atoms with Crippen molar-refractivity contribution in [3.63, 3.8) is 0 Å². The largest absolute Gasteiger partial charge is 0.438 e. The number of fused-ring (bicyclic) bond motifs is 3. The first-order chi connectivity index (χ1) is 13.5. The topological polar surface area (TPSA) is 105 Å². The highest BCUT2D eigenvalue weighted by molar-refractivity contribution is 6.08. The fourth-order valence-electron chi connectivity index (χ4n) is 3.02. The molecule has 0 saturated carbocycles. The van der Waals surface area contributed by atoms with Crippen molar-refractivity contribution in [2.45, 2.75) is 6.92 Å². The molecule has 0 atom stereocenters. The van der Waals surface area contributed by atoms with Gasteiger partial charge in [0.1, 0.15) is 5.58 Å². The lowest BCUT2D eigenvalue weighted by Crippen LogP contribution is -2.13. The van der Waals surface area contributed by atoms with Crippen LogP contribution in [0.5, 0.6) is 0 Å². The van der Waals surface area contributed by atoms with Crippen molar-refractivity contribution >= 4 is 38.8 Å². The summed E-state index contributed by atoms with van der Waals surface area (Å²) in [6, 6.07) is 19.7. The van der Waals surface area contributed by atoms with E-state index in [0.29, 0.717) is 22.5 Å². The average Bonchev–Trinajstić information content (AvgIpc) is 2.71. The fourth-order valence-corrected chi connectivity index (χ4v) is 3.02. The molecular formula is C21H16N4O3. The smallest absolute Gasteiger partial charge is 0.269 e. The van der Waals surface area contributed by atoms with Crippen molar-refractivity contribution in [2.75, 3.05) is 5.43 Å². The van der Waals surface area contributed by atoms with Crippen molar-refractivity contribution in [2.24, 2.45) is 5.10 Å². The van der Waals surface area contributed by atoms with Gasteiger partial charge in [0, 0.05) is 17.5 Å². The molecule has 0 aliphatic rings. The molecule has 0 fully saturated rings. The van der Waals surface area contributed by atoms with E-state index in [1.807, 2.05) is 42.5 Å². The van der Waals surface area contributed by atoms with Crippen LogP contribution < -0.4 is 11.0 Å². The third-order valence-corrected chi connectivity index (χ3v) is 4.50. The highest BCUT2D eigenvalue weighted by Crippen LogP contribution is 2.25. The molecule has 1 aromatic heterocycles. The normalized spacial score (nSPS) is 11.7. The molecule has 0 spiro atoms. The maximum absolute atomic E-state index is 10.7. The van der Waals surface area contributed by atoms with Crippen LogP contribution in [-0.4, -0.2) is 10.6 Å². The van der Waals surface area contributed by atoms with Gasteiger partial charge in [-0.05, 0) is 42.0 Å². The van der Waals surface area contributed by atoms with Gasteiger partial charge in [-0.1, -0.05) is 30.3 Å². The summed E-state index contributed by atoms with van der Waals surface area (Å²) in [5, 5.41) is 26.3. The van der Waals surface area contributed by atoms with Crippen LogP contribution in [0.2, 0.25) is 0 Å². The summed E-state index contributed by atoms with van der Waals surface area (Å²) in [6.07, 6.45) is 0. The van der Waals surface area contributed by atoms with Gasteiger partial charge in [0.25, 0.3) is 5.69 Å². The standard InChI is InChI=1S/C21H16N4O3/c1-13(23-24-15-7-9-16(10-8-15)25(26)27)18-12-19-17-5-3-2-4-14(17)6-11-20(19)28-21(18)22/h2-12,22,24H,1H3. The van der Waals surface area contributed by atoms with E-state index >= 15 is 0 Å². The molecule has 7 nitrogen and oxygen atoms in total. The van der Waals surface area contributed by atoms with E-state index in [2.05, 4.69) is 10.5 Å². The molecule has 0 saturated heterocycles. The molecule has 0 aliphatic carbocycles. The number of nitro groups is 1. The molecule has 138 valence electrons. The van der Waals surface area contributed by atoms with Gasteiger partial charge in [-0.3, -0.25) is 20.9 Å². The van der Waals surface area contributed by atoms with E-state index in [1.54, 1.807) is 19.1 Å². The molecule has 4 rings (SSSR count). The second kappa shape index (κ2) is 6.96. The lowest BCUT2D eigenvalue weighted by atomic mass is 10.0. The number of nitrogens with zero attached hydrogens (tertiary/aromatic N) is 2. The predicted octanol–water partition coefficient (Wildman–Crippen LogP) is 4.81. The van der Waals surface area contributed by atoms with E-state index < -0.39 is 4.92 Å². The van der Waals surface area contributed by atoms with E-state index in [-0.39, 0.29) is 11.2 Å². The molecule has 2 N–H and O–H groups in total. The first-order valence-electron chi connectivity index (χ1n) is 8.58. The van der Waals surface area contributed by atoms with E-state index in [1.165, 1.54) is 12.1 Å². The Kier molecular flexibility index (Phi) is 4.33. The molecule has 1 heterocycles. The second-order valence-electron chi connectivity index (χ2n) is 6.30. The lowest BCUT2D eigenvalue weighted by molar-refractivity contribution is -0.384. The summed E-state index contributed by atoms with van der Waals surface area (Å²) < 4.78 is 5.70. The van der Waals surface area contributed by atoms with Gasteiger partial charge in [0.15, 0.2) is 0 Å². The van der Waals surface area contributed by atoms with Crippen LogP contribution >= 0.6 is 0 Å². The first-order valence-corrected chi connectivity index (χ1v) is 8.58. The predicted molar refractivity (Wildman–Crippen MR) is 109 cm³/mol. The number of hydrogen-bond donors (Lipinski definition) is 2. The van der Waals surface area contributed by atoms with Crippen molar-refractivity contribution in [1.82, 2.24) is 0 Å². The van der Waals surface area contributed by atoms with Crippen LogP contribution in [0.15, 0.2) is 76.2 Å². The van der Waals surface area contributed by atoms with Gasteiger partial charge in [-0.2, -0.15) is 5.10 Å². The molecule has 7 heteroatoms. The maximum Gasteiger partial charge on any atom is 0.269 e. The number of rotatable bonds is 4. The second-order valence-corrected chi connectivity index (χ2v) is 6.30. The number of anilines is 1. The zero-order valence-electron chi connectivity index (χ0n) is 15.0. The number of nitro benzene ring substituents is 1. The quantitative estimate of drug-likeness (QED) is 0.232. The van der Waals surface area contributed by atoms with Gasteiger partial charge >= 0.3 is 0 Å². The Labute approximate surface area is 159 Å². The number of hydrazone groups is 1. The Morgan fingerprint density at radius 3 is 2.57 bits per heavy atom. The number of nitrogens with one attached hydrogen (secondary N) is 2. The van der Waals surface area contributed by atoms with Crippen LogP contribution in [0.3, 0.4) is 0 Å². The Morgan fingerprint density at radius 1 is 1.07 bits per heavy atom. The number of benzene rings is 3. The van der Waals surface area contributed by atoms with Gasteiger partial charge in [-0.25, -0.2) is 0 Å². The average molecular weight is 372 g/mol. The molecule has 28 heavy (non-hydrogen) atoms. The summed E-state index contributed by atoms with van der Waals surface area (Å²) >= 11 is 0. The summed E-state index contributed by atoms with van der Waals surface area (Å²) in [5.41, 5.74) is 5.29. The Bertz CT molecular complexity index is 1290. The molecule has 0 aliphatic heterocycles.